The Labute approximate surface area is 185 Å². The molecule has 1 aliphatic rings. The second-order valence-corrected chi connectivity index (χ2v) is 9.78. The number of aromatic nitrogens is 2. The Bertz CT molecular complexity index is 1230. The van der Waals surface area contributed by atoms with E-state index < -0.39 is 5.41 Å². The number of nitrogens with zero attached hydrogens (tertiary/aromatic N) is 3. The van der Waals surface area contributed by atoms with Crippen molar-refractivity contribution in [3.05, 3.63) is 61.7 Å². The van der Waals surface area contributed by atoms with Crippen molar-refractivity contribution in [2.75, 3.05) is 13.1 Å². The van der Waals surface area contributed by atoms with E-state index in [1.54, 1.807) is 17.7 Å². The van der Waals surface area contributed by atoms with Crippen molar-refractivity contribution in [2.24, 2.45) is 12.8 Å². The number of likely N-dealkylation sites (tertiary alicyclic amines) is 1. The highest BCUT2D eigenvalue weighted by molar-refractivity contribution is 7.14. The van der Waals surface area contributed by atoms with Gasteiger partial charge < -0.3 is 15.2 Å². The topological polar surface area (TPSA) is 105 Å². The van der Waals surface area contributed by atoms with Crippen molar-refractivity contribution in [3.63, 3.8) is 0 Å². The maximum absolute atomic E-state index is 13.1. The summed E-state index contributed by atoms with van der Waals surface area (Å²) in [6.07, 6.45) is 2.49. The SMILES string of the molecule is Cn1c(=O)c(Cc2ccc(C(=N)N)s2)nc2cc(C(C)(C)C(=O)N3CCCC3)ccc21. The smallest absolute Gasteiger partial charge is 0.272 e. The van der Waals surface area contributed by atoms with Crippen LogP contribution in [0.5, 0.6) is 0 Å². The number of carbonyl (C=O) groups excluding carboxylic acids is 1. The van der Waals surface area contributed by atoms with Crippen LogP contribution in [0.2, 0.25) is 0 Å². The number of nitrogen functional groups attached to an aromatic ring is 1. The maximum Gasteiger partial charge on any atom is 0.272 e. The van der Waals surface area contributed by atoms with Crippen molar-refractivity contribution >= 4 is 34.1 Å². The first-order chi connectivity index (χ1) is 14.7. The van der Waals surface area contributed by atoms with Crippen LogP contribution in [-0.2, 0) is 23.7 Å². The molecular weight excluding hydrogens is 410 g/mol. The summed E-state index contributed by atoms with van der Waals surface area (Å²) in [4.78, 5) is 34.2. The fourth-order valence-electron chi connectivity index (χ4n) is 4.12. The van der Waals surface area contributed by atoms with E-state index in [4.69, 9.17) is 11.1 Å². The second kappa shape index (κ2) is 7.92. The van der Waals surface area contributed by atoms with Gasteiger partial charge in [0.1, 0.15) is 11.5 Å². The molecule has 1 aromatic carbocycles. The number of rotatable bonds is 5. The number of benzene rings is 1. The largest absolute Gasteiger partial charge is 0.383 e. The molecule has 1 amide bonds. The first-order valence-electron chi connectivity index (χ1n) is 10.4. The molecule has 31 heavy (non-hydrogen) atoms. The van der Waals surface area contributed by atoms with Crippen molar-refractivity contribution in [2.45, 2.75) is 38.5 Å². The van der Waals surface area contributed by atoms with Gasteiger partial charge in [-0.2, -0.15) is 0 Å². The lowest BCUT2D eigenvalue weighted by Crippen LogP contribution is -2.42. The zero-order valence-electron chi connectivity index (χ0n) is 18.1. The highest BCUT2D eigenvalue weighted by atomic mass is 32.1. The fraction of sp³-hybridized carbons (Fsp3) is 0.391. The van der Waals surface area contributed by atoms with E-state index in [9.17, 15) is 9.59 Å². The van der Waals surface area contributed by atoms with E-state index in [-0.39, 0.29) is 17.3 Å². The summed E-state index contributed by atoms with van der Waals surface area (Å²) >= 11 is 1.39. The number of aryl methyl sites for hydroxylation is 1. The molecule has 3 N–H and O–H groups in total. The van der Waals surface area contributed by atoms with E-state index in [0.717, 1.165) is 41.9 Å². The van der Waals surface area contributed by atoms with E-state index in [0.29, 0.717) is 22.5 Å². The molecule has 2 aromatic heterocycles. The molecule has 8 heteroatoms. The highest BCUT2D eigenvalue weighted by Crippen LogP contribution is 2.29. The van der Waals surface area contributed by atoms with Gasteiger partial charge in [0.25, 0.3) is 5.56 Å². The standard InChI is InChI=1S/C23H27N5O2S/c1-23(2,22(30)28-10-4-5-11-28)14-6-8-18-16(12-14)26-17(21(29)27(18)3)13-15-7-9-19(31-15)20(24)25/h6-9,12H,4-5,10-11,13H2,1-3H3,(H3,24,25). The van der Waals surface area contributed by atoms with Crippen LogP contribution in [0.4, 0.5) is 0 Å². The number of nitrogens with two attached hydrogens (primary N) is 1. The number of fused-ring (bicyclic) bond motifs is 1. The van der Waals surface area contributed by atoms with E-state index in [2.05, 4.69) is 4.98 Å². The van der Waals surface area contributed by atoms with Gasteiger partial charge in [0.2, 0.25) is 5.91 Å². The Morgan fingerprint density at radius 2 is 1.94 bits per heavy atom. The maximum atomic E-state index is 13.1. The normalized spacial score (nSPS) is 14.4. The molecular formula is C23H27N5O2S. The predicted octanol–water partition coefficient (Wildman–Crippen LogP) is 2.77. The number of hydrogen-bond acceptors (Lipinski definition) is 5. The summed E-state index contributed by atoms with van der Waals surface area (Å²) in [7, 11) is 1.74. The molecule has 0 aliphatic carbocycles. The van der Waals surface area contributed by atoms with E-state index >= 15 is 0 Å². The molecule has 0 radical (unpaired) electrons. The summed E-state index contributed by atoms with van der Waals surface area (Å²) < 4.78 is 1.61. The predicted molar refractivity (Wildman–Crippen MR) is 124 cm³/mol. The summed E-state index contributed by atoms with van der Waals surface area (Å²) in [5, 5.41) is 7.57. The Balaban J connectivity index is 1.72. The van der Waals surface area contributed by atoms with Crippen molar-refractivity contribution < 1.29 is 4.79 Å². The summed E-state index contributed by atoms with van der Waals surface area (Å²) in [5.41, 5.74) is 7.50. The lowest BCUT2D eigenvalue weighted by molar-refractivity contribution is -0.135. The van der Waals surface area contributed by atoms with Crippen LogP contribution < -0.4 is 11.3 Å². The first-order valence-corrected chi connectivity index (χ1v) is 11.2. The molecule has 7 nitrogen and oxygen atoms in total. The van der Waals surface area contributed by atoms with Crippen molar-refractivity contribution in [3.8, 4) is 0 Å². The van der Waals surface area contributed by atoms with Crippen LogP contribution >= 0.6 is 11.3 Å². The second-order valence-electron chi connectivity index (χ2n) is 8.61. The van der Waals surface area contributed by atoms with Crippen LogP contribution in [0.25, 0.3) is 11.0 Å². The van der Waals surface area contributed by atoms with Gasteiger partial charge in [0, 0.05) is 31.4 Å². The van der Waals surface area contributed by atoms with Gasteiger partial charge >= 0.3 is 0 Å². The molecule has 162 valence electrons. The minimum Gasteiger partial charge on any atom is -0.383 e. The van der Waals surface area contributed by atoms with Gasteiger partial charge in [0.05, 0.1) is 21.3 Å². The monoisotopic (exact) mass is 437 g/mol. The number of hydrogen-bond donors (Lipinski definition) is 2. The molecule has 3 heterocycles. The Hall–Kier alpha value is -3.00. The molecule has 1 saturated heterocycles. The molecule has 0 unspecified atom stereocenters. The summed E-state index contributed by atoms with van der Waals surface area (Å²) in [6, 6.07) is 9.40. The lowest BCUT2D eigenvalue weighted by atomic mass is 9.83. The Kier molecular flexibility index (Phi) is 5.43. The number of nitrogens with one attached hydrogen (secondary N) is 1. The molecule has 0 spiro atoms. The quantitative estimate of drug-likeness (QED) is 0.473. The third-order valence-electron chi connectivity index (χ3n) is 6.06. The average molecular weight is 438 g/mol. The molecule has 0 atom stereocenters. The third kappa shape index (κ3) is 3.87. The number of amides is 1. The van der Waals surface area contributed by atoms with Gasteiger partial charge in [-0.3, -0.25) is 15.0 Å². The van der Waals surface area contributed by atoms with Crippen LogP contribution in [0.1, 0.15) is 47.7 Å². The molecule has 0 bridgehead atoms. The minimum absolute atomic E-state index is 0.0187. The first kappa shape index (κ1) is 21.2. The van der Waals surface area contributed by atoms with Crippen LogP contribution in [0.3, 0.4) is 0 Å². The van der Waals surface area contributed by atoms with Crippen molar-refractivity contribution in [1.29, 1.82) is 5.41 Å². The van der Waals surface area contributed by atoms with Crippen LogP contribution in [0.15, 0.2) is 35.1 Å². The molecule has 0 saturated carbocycles. The van der Waals surface area contributed by atoms with E-state index in [1.165, 1.54) is 11.3 Å². The van der Waals surface area contributed by atoms with Gasteiger partial charge in [-0.1, -0.05) is 6.07 Å². The van der Waals surface area contributed by atoms with Gasteiger partial charge in [-0.25, -0.2) is 4.98 Å². The van der Waals surface area contributed by atoms with Crippen LogP contribution in [0, 0.1) is 5.41 Å². The lowest BCUT2D eigenvalue weighted by Gasteiger charge is -2.29. The highest BCUT2D eigenvalue weighted by Gasteiger charge is 2.35. The van der Waals surface area contributed by atoms with Crippen molar-refractivity contribution in [1.82, 2.24) is 14.5 Å². The van der Waals surface area contributed by atoms with Gasteiger partial charge in [-0.05, 0) is 56.5 Å². The Morgan fingerprint density at radius 3 is 2.58 bits per heavy atom. The number of thiophene rings is 1. The van der Waals surface area contributed by atoms with Gasteiger partial charge in [0.15, 0.2) is 0 Å². The van der Waals surface area contributed by atoms with Crippen LogP contribution in [-0.4, -0.2) is 39.3 Å². The summed E-state index contributed by atoms with van der Waals surface area (Å²) in [6.45, 7) is 5.53. The summed E-state index contributed by atoms with van der Waals surface area (Å²) in [5.74, 6) is 0.148. The molecule has 3 aromatic rings. The Morgan fingerprint density at radius 1 is 1.23 bits per heavy atom. The molecule has 1 aliphatic heterocycles. The zero-order valence-corrected chi connectivity index (χ0v) is 18.9. The minimum atomic E-state index is -0.667. The average Bonchev–Trinajstić information content (AvgIpc) is 3.43. The van der Waals surface area contributed by atoms with Gasteiger partial charge in [-0.15, -0.1) is 11.3 Å². The molecule has 1 fully saturated rings. The number of carbonyl (C=O) groups is 1. The number of amidine groups is 1. The van der Waals surface area contributed by atoms with E-state index in [1.807, 2.05) is 43.0 Å². The third-order valence-corrected chi connectivity index (χ3v) is 7.18. The zero-order chi connectivity index (χ0) is 22.3. The fourth-order valence-corrected chi connectivity index (χ4v) is 4.99. The molecule has 4 rings (SSSR count).